The van der Waals surface area contributed by atoms with Crippen LogP contribution in [0.15, 0.2) is 0 Å². The van der Waals surface area contributed by atoms with Crippen LogP contribution in [0.4, 0.5) is 0 Å². The second kappa shape index (κ2) is 6.26. The fourth-order valence-corrected chi connectivity index (χ4v) is 4.17. The number of amides is 1. The summed E-state index contributed by atoms with van der Waals surface area (Å²) >= 11 is 1.98. The fraction of sp³-hybridized carbons (Fsp3) is 0.923. The Bertz CT molecular complexity index is 293. The van der Waals surface area contributed by atoms with Crippen LogP contribution in [0.3, 0.4) is 0 Å². The Hall–Kier alpha value is -0.260. The summed E-state index contributed by atoms with van der Waals surface area (Å²) < 4.78 is 5.98. The van der Waals surface area contributed by atoms with E-state index in [1.807, 2.05) is 25.6 Å². The normalized spacial score (nSPS) is 33.6. The fourth-order valence-electron chi connectivity index (χ4n) is 2.79. The van der Waals surface area contributed by atoms with Crippen molar-refractivity contribution in [3.05, 3.63) is 0 Å². The molecule has 1 amide bonds. The van der Waals surface area contributed by atoms with E-state index in [-0.39, 0.29) is 17.6 Å². The Labute approximate surface area is 114 Å². The van der Waals surface area contributed by atoms with Gasteiger partial charge in [0.05, 0.1) is 11.6 Å². The van der Waals surface area contributed by atoms with Crippen LogP contribution in [0.25, 0.3) is 0 Å². The molecule has 2 aliphatic rings. The lowest BCUT2D eigenvalue weighted by molar-refractivity contribution is -0.123. The molecule has 2 N–H and O–H groups in total. The van der Waals surface area contributed by atoms with E-state index < -0.39 is 0 Å². The Balaban J connectivity index is 1.84. The third-order valence-corrected chi connectivity index (χ3v) is 5.01. The molecule has 18 heavy (non-hydrogen) atoms. The van der Waals surface area contributed by atoms with Crippen LogP contribution in [0.2, 0.25) is 0 Å². The monoisotopic (exact) mass is 272 g/mol. The van der Waals surface area contributed by atoms with Gasteiger partial charge in [-0.25, -0.2) is 0 Å². The molecule has 2 saturated heterocycles. The Morgan fingerprint density at radius 3 is 3.11 bits per heavy atom. The Morgan fingerprint density at radius 1 is 1.61 bits per heavy atom. The zero-order chi connectivity index (χ0) is 13.0. The topological polar surface area (TPSA) is 50.4 Å². The minimum Gasteiger partial charge on any atom is -0.374 e. The molecule has 0 aromatic rings. The molecule has 0 aromatic heterocycles. The summed E-state index contributed by atoms with van der Waals surface area (Å²) in [5.74, 6) is 2.41. The molecule has 2 fully saturated rings. The van der Waals surface area contributed by atoms with Crippen LogP contribution in [0, 0.1) is 0 Å². The van der Waals surface area contributed by atoms with Crippen LogP contribution < -0.4 is 10.6 Å². The maximum absolute atomic E-state index is 11.7. The van der Waals surface area contributed by atoms with E-state index >= 15 is 0 Å². The molecule has 0 saturated carbocycles. The highest BCUT2D eigenvalue weighted by Crippen LogP contribution is 2.38. The van der Waals surface area contributed by atoms with E-state index in [1.165, 1.54) is 5.75 Å². The number of thioether (sulfide) groups is 1. The van der Waals surface area contributed by atoms with E-state index in [0.29, 0.717) is 12.6 Å². The van der Waals surface area contributed by atoms with Gasteiger partial charge in [0.15, 0.2) is 0 Å². The van der Waals surface area contributed by atoms with Crippen molar-refractivity contribution in [1.82, 2.24) is 10.6 Å². The molecular weight excluding hydrogens is 248 g/mol. The van der Waals surface area contributed by atoms with Crippen LogP contribution in [0.1, 0.15) is 33.1 Å². The van der Waals surface area contributed by atoms with E-state index in [1.54, 1.807) is 0 Å². The van der Waals surface area contributed by atoms with Gasteiger partial charge in [-0.2, -0.15) is 11.8 Å². The number of carbonyl (C=O) groups is 1. The number of rotatable bonds is 4. The number of hydrogen-bond donors (Lipinski definition) is 2. The van der Waals surface area contributed by atoms with Crippen LogP contribution >= 0.6 is 11.8 Å². The molecule has 3 unspecified atom stereocenters. The number of ether oxygens (including phenoxy) is 1. The highest BCUT2D eigenvalue weighted by Gasteiger charge is 2.40. The van der Waals surface area contributed by atoms with E-state index in [4.69, 9.17) is 4.74 Å². The largest absolute Gasteiger partial charge is 0.374 e. The van der Waals surface area contributed by atoms with Gasteiger partial charge < -0.3 is 15.4 Å². The number of hydrogen-bond acceptors (Lipinski definition) is 4. The van der Waals surface area contributed by atoms with Crippen molar-refractivity contribution in [1.29, 1.82) is 0 Å². The highest BCUT2D eigenvalue weighted by atomic mass is 32.2. The van der Waals surface area contributed by atoms with Gasteiger partial charge in [-0.3, -0.25) is 4.79 Å². The van der Waals surface area contributed by atoms with Crippen LogP contribution in [-0.2, 0) is 9.53 Å². The van der Waals surface area contributed by atoms with Gasteiger partial charge in [-0.05, 0) is 38.9 Å². The lowest BCUT2D eigenvalue weighted by atomic mass is 9.89. The molecule has 5 heteroatoms. The Kier molecular flexibility index (Phi) is 4.92. The molecular formula is C13H24N2O2S. The van der Waals surface area contributed by atoms with Gasteiger partial charge in [0, 0.05) is 24.9 Å². The standard InChI is InChI=1S/C13H24N2O2S/c1-3-14-12(16)10(2)15-11-4-6-17-13(8-11)5-7-18-9-13/h10-11,15H,3-9H2,1-2H3,(H,14,16). The second-order valence-electron chi connectivity index (χ2n) is 5.31. The first-order valence-electron chi connectivity index (χ1n) is 6.91. The van der Waals surface area contributed by atoms with Gasteiger partial charge in [0.1, 0.15) is 0 Å². The molecule has 0 aromatic carbocycles. The zero-order valence-corrected chi connectivity index (χ0v) is 12.1. The maximum atomic E-state index is 11.7. The first kappa shape index (κ1) is 14.2. The van der Waals surface area contributed by atoms with E-state index in [0.717, 1.165) is 31.6 Å². The molecule has 3 atom stereocenters. The van der Waals surface area contributed by atoms with Gasteiger partial charge in [0.25, 0.3) is 0 Å². The lowest BCUT2D eigenvalue weighted by Gasteiger charge is -2.39. The number of carbonyl (C=O) groups excluding carboxylic acids is 1. The summed E-state index contributed by atoms with van der Waals surface area (Å²) in [6.45, 7) is 5.40. The molecule has 0 aliphatic carbocycles. The van der Waals surface area contributed by atoms with Crippen LogP contribution in [-0.4, -0.2) is 48.2 Å². The minimum atomic E-state index is -0.112. The van der Waals surface area contributed by atoms with Gasteiger partial charge in [-0.15, -0.1) is 0 Å². The van der Waals surface area contributed by atoms with Crippen molar-refractivity contribution in [2.45, 2.75) is 50.8 Å². The second-order valence-corrected chi connectivity index (χ2v) is 6.41. The van der Waals surface area contributed by atoms with Gasteiger partial charge in [-0.1, -0.05) is 0 Å². The van der Waals surface area contributed by atoms with Crippen molar-refractivity contribution in [3.63, 3.8) is 0 Å². The van der Waals surface area contributed by atoms with Crippen molar-refractivity contribution in [2.75, 3.05) is 24.7 Å². The lowest BCUT2D eigenvalue weighted by Crippen LogP contribution is -2.52. The highest BCUT2D eigenvalue weighted by molar-refractivity contribution is 7.99. The maximum Gasteiger partial charge on any atom is 0.236 e. The summed E-state index contributed by atoms with van der Waals surface area (Å²) in [4.78, 5) is 11.7. The average molecular weight is 272 g/mol. The number of likely N-dealkylation sites (N-methyl/N-ethyl adjacent to an activating group) is 1. The molecule has 2 heterocycles. The van der Waals surface area contributed by atoms with E-state index in [9.17, 15) is 4.79 Å². The van der Waals surface area contributed by atoms with Crippen LogP contribution in [0.5, 0.6) is 0 Å². The quantitative estimate of drug-likeness (QED) is 0.806. The summed E-state index contributed by atoms with van der Waals surface area (Å²) in [7, 11) is 0. The molecule has 4 nitrogen and oxygen atoms in total. The third-order valence-electron chi connectivity index (χ3n) is 3.79. The minimum absolute atomic E-state index is 0.0849. The Morgan fingerprint density at radius 2 is 2.44 bits per heavy atom. The summed E-state index contributed by atoms with van der Waals surface area (Å²) in [6, 6.07) is 0.300. The molecule has 1 spiro atoms. The van der Waals surface area contributed by atoms with Crippen molar-refractivity contribution in [2.24, 2.45) is 0 Å². The smallest absolute Gasteiger partial charge is 0.236 e. The van der Waals surface area contributed by atoms with Gasteiger partial charge in [0.2, 0.25) is 5.91 Å². The average Bonchev–Trinajstić information content (AvgIpc) is 2.77. The molecule has 104 valence electrons. The van der Waals surface area contributed by atoms with Crippen molar-refractivity contribution >= 4 is 17.7 Å². The predicted octanol–water partition coefficient (Wildman–Crippen LogP) is 1.16. The molecule has 2 aliphatic heterocycles. The van der Waals surface area contributed by atoms with E-state index in [2.05, 4.69) is 10.6 Å². The van der Waals surface area contributed by atoms with Crippen molar-refractivity contribution in [3.8, 4) is 0 Å². The molecule has 2 rings (SSSR count). The van der Waals surface area contributed by atoms with Gasteiger partial charge >= 0.3 is 0 Å². The SMILES string of the molecule is CCNC(=O)C(C)NC1CCOC2(CCSC2)C1. The molecule has 0 radical (unpaired) electrons. The summed E-state index contributed by atoms with van der Waals surface area (Å²) in [6.07, 6.45) is 3.21. The molecule has 0 bridgehead atoms. The summed E-state index contributed by atoms with van der Waals surface area (Å²) in [5, 5.41) is 6.31. The first-order valence-corrected chi connectivity index (χ1v) is 8.06. The predicted molar refractivity (Wildman–Crippen MR) is 74.9 cm³/mol. The zero-order valence-electron chi connectivity index (χ0n) is 11.3. The third kappa shape index (κ3) is 3.39. The van der Waals surface area contributed by atoms with Crippen molar-refractivity contribution < 1.29 is 9.53 Å². The summed E-state index contributed by atoms with van der Waals surface area (Å²) in [5.41, 5.74) is 0.0849. The first-order chi connectivity index (χ1) is 8.65. The number of nitrogens with one attached hydrogen (secondary N) is 2.